The van der Waals surface area contributed by atoms with E-state index in [1.54, 1.807) is 20.4 Å². The molecule has 0 aliphatic carbocycles. The highest BCUT2D eigenvalue weighted by Crippen LogP contribution is 2.30. The third kappa shape index (κ3) is 2.81. The zero-order valence-corrected chi connectivity index (χ0v) is 12.9. The molecule has 3 heterocycles. The average Bonchev–Trinajstić information content (AvgIpc) is 3.01. The van der Waals surface area contributed by atoms with Crippen molar-refractivity contribution < 1.29 is 9.53 Å². The molecule has 1 saturated heterocycles. The van der Waals surface area contributed by atoms with Crippen LogP contribution in [0.25, 0.3) is 11.0 Å². The van der Waals surface area contributed by atoms with E-state index in [1.807, 2.05) is 18.2 Å². The molecule has 1 aliphatic heterocycles. The predicted molar refractivity (Wildman–Crippen MR) is 85.1 cm³/mol. The van der Waals surface area contributed by atoms with E-state index in [0.29, 0.717) is 18.2 Å². The minimum absolute atomic E-state index is 0.103. The van der Waals surface area contributed by atoms with Gasteiger partial charge in [0.1, 0.15) is 5.52 Å². The standard InChI is InChI=1S/C16H20N4O2/c1-17-14(21)9-11-6-8-20(10-11)13-5-7-18-12-3-4-15(22-2)19-16(12)13/h3-5,7,11H,6,8-10H2,1-2H3,(H,17,21). The Morgan fingerprint density at radius 2 is 2.32 bits per heavy atom. The molecule has 1 fully saturated rings. The molecule has 1 aliphatic rings. The van der Waals surface area contributed by atoms with Gasteiger partial charge in [0.2, 0.25) is 11.8 Å². The van der Waals surface area contributed by atoms with Crippen LogP contribution in [-0.2, 0) is 4.79 Å². The fourth-order valence-electron chi connectivity index (χ4n) is 2.94. The molecule has 22 heavy (non-hydrogen) atoms. The Kier molecular flexibility index (Phi) is 4.09. The number of fused-ring (bicyclic) bond motifs is 1. The van der Waals surface area contributed by atoms with Crippen LogP contribution in [0.3, 0.4) is 0 Å². The number of amides is 1. The molecule has 0 radical (unpaired) electrons. The lowest BCUT2D eigenvalue weighted by molar-refractivity contribution is -0.121. The van der Waals surface area contributed by atoms with Gasteiger partial charge in [-0.05, 0) is 24.5 Å². The van der Waals surface area contributed by atoms with Crippen LogP contribution >= 0.6 is 0 Å². The lowest BCUT2D eigenvalue weighted by Crippen LogP contribution is -2.24. The average molecular weight is 300 g/mol. The van der Waals surface area contributed by atoms with Gasteiger partial charge in [-0.25, -0.2) is 4.98 Å². The van der Waals surface area contributed by atoms with E-state index in [-0.39, 0.29) is 5.91 Å². The van der Waals surface area contributed by atoms with Gasteiger partial charge < -0.3 is 15.0 Å². The number of pyridine rings is 2. The van der Waals surface area contributed by atoms with Crippen LogP contribution in [0.15, 0.2) is 24.4 Å². The smallest absolute Gasteiger partial charge is 0.220 e. The van der Waals surface area contributed by atoms with Gasteiger partial charge in [-0.15, -0.1) is 0 Å². The van der Waals surface area contributed by atoms with Gasteiger partial charge in [0.15, 0.2) is 0 Å². The second-order valence-corrected chi connectivity index (χ2v) is 5.53. The number of nitrogens with zero attached hydrogens (tertiary/aromatic N) is 3. The normalized spacial score (nSPS) is 17.7. The van der Waals surface area contributed by atoms with E-state index in [4.69, 9.17) is 4.74 Å². The van der Waals surface area contributed by atoms with Crippen LogP contribution in [0.5, 0.6) is 5.88 Å². The molecule has 6 nitrogen and oxygen atoms in total. The van der Waals surface area contributed by atoms with Gasteiger partial charge >= 0.3 is 0 Å². The monoisotopic (exact) mass is 300 g/mol. The summed E-state index contributed by atoms with van der Waals surface area (Å²) in [5.74, 6) is 1.07. The van der Waals surface area contributed by atoms with E-state index >= 15 is 0 Å². The summed E-state index contributed by atoms with van der Waals surface area (Å²) in [4.78, 5) is 22.7. The number of anilines is 1. The van der Waals surface area contributed by atoms with Crippen LogP contribution in [0.1, 0.15) is 12.8 Å². The predicted octanol–water partition coefficient (Wildman–Crippen LogP) is 1.60. The highest BCUT2D eigenvalue weighted by Gasteiger charge is 2.26. The van der Waals surface area contributed by atoms with Crippen molar-refractivity contribution in [2.45, 2.75) is 12.8 Å². The van der Waals surface area contributed by atoms with Crippen LogP contribution in [-0.4, -0.2) is 43.1 Å². The number of nitrogens with one attached hydrogen (secondary N) is 1. The van der Waals surface area contributed by atoms with Crippen LogP contribution in [0.4, 0.5) is 5.69 Å². The Hall–Kier alpha value is -2.37. The number of aromatic nitrogens is 2. The quantitative estimate of drug-likeness (QED) is 0.929. The van der Waals surface area contributed by atoms with Gasteiger partial charge in [-0.1, -0.05) is 0 Å². The Labute approximate surface area is 129 Å². The van der Waals surface area contributed by atoms with Crippen molar-refractivity contribution in [1.29, 1.82) is 0 Å². The third-order valence-electron chi connectivity index (χ3n) is 4.13. The molecule has 1 N–H and O–H groups in total. The fourth-order valence-corrected chi connectivity index (χ4v) is 2.94. The summed E-state index contributed by atoms with van der Waals surface area (Å²) in [5, 5.41) is 2.69. The van der Waals surface area contributed by atoms with Gasteiger partial charge in [0, 0.05) is 38.8 Å². The minimum atomic E-state index is 0.103. The maximum atomic E-state index is 11.5. The van der Waals surface area contributed by atoms with E-state index in [1.165, 1.54) is 0 Å². The van der Waals surface area contributed by atoms with E-state index in [2.05, 4.69) is 20.2 Å². The van der Waals surface area contributed by atoms with E-state index in [0.717, 1.165) is 36.2 Å². The summed E-state index contributed by atoms with van der Waals surface area (Å²) in [6.45, 7) is 1.80. The maximum absolute atomic E-state index is 11.5. The number of hydrogen-bond acceptors (Lipinski definition) is 5. The van der Waals surface area contributed by atoms with Gasteiger partial charge in [0.05, 0.1) is 18.3 Å². The lowest BCUT2D eigenvalue weighted by atomic mass is 10.0. The molecular formula is C16H20N4O2. The fraction of sp³-hybridized carbons (Fsp3) is 0.438. The topological polar surface area (TPSA) is 67.4 Å². The maximum Gasteiger partial charge on any atom is 0.220 e. The Balaban J connectivity index is 1.86. The minimum Gasteiger partial charge on any atom is -0.481 e. The molecule has 2 aromatic heterocycles. The molecule has 0 saturated carbocycles. The van der Waals surface area contributed by atoms with Crippen LogP contribution in [0, 0.1) is 5.92 Å². The molecule has 3 rings (SSSR count). The zero-order chi connectivity index (χ0) is 15.5. The highest BCUT2D eigenvalue weighted by molar-refractivity contribution is 5.88. The highest BCUT2D eigenvalue weighted by atomic mass is 16.5. The number of carbonyl (C=O) groups is 1. The van der Waals surface area contributed by atoms with Crippen molar-refractivity contribution in [3.05, 3.63) is 24.4 Å². The Morgan fingerprint density at radius 1 is 1.45 bits per heavy atom. The molecule has 6 heteroatoms. The summed E-state index contributed by atoms with van der Waals surface area (Å²) >= 11 is 0. The second-order valence-electron chi connectivity index (χ2n) is 5.53. The first-order chi connectivity index (χ1) is 10.7. The molecule has 0 spiro atoms. The van der Waals surface area contributed by atoms with Crippen LogP contribution < -0.4 is 15.0 Å². The molecule has 1 unspecified atom stereocenters. The summed E-state index contributed by atoms with van der Waals surface area (Å²) in [5.41, 5.74) is 2.76. The van der Waals surface area contributed by atoms with E-state index < -0.39 is 0 Å². The second kappa shape index (κ2) is 6.17. The Morgan fingerprint density at radius 3 is 3.09 bits per heavy atom. The number of rotatable bonds is 4. The summed E-state index contributed by atoms with van der Waals surface area (Å²) in [6, 6.07) is 5.72. The molecule has 2 aromatic rings. The zero-order valence-electron chi connectivity index (χ0n) is 12.9. The van der Waals surface area contributed by atoms with Gasteiger partial charge in [0.25, 0.3) is 0 Å². The van der Waals surface area contributed by atoms with Crippen molar-refractivity contribution in [3.63, 3.8) is 0 Å². The molecular weight excluding hydrogens is 280 g/mol. The first-order valence-electron chi connectivity index (χ1n) is 7.46. The Bertz CT molecular complexity index is 689. The summed E-state index contributed by atoms with van der Waals surface area (Å²) < 4.78 is 5.22. The van der Waals surface area contributed by atoms with Crippen molar-refractivity contribution in [3.8, 4) is 5.88 Å². The summed E-state index contributed by atoms with van der Waals surface area (Å²) in [7, 11) is 3.29. The lowest BCUT2D eigenvalue weighted by Gasteiger charge is -2.20. The van der Waals surface area contributed by atoms with Crippen molar-refractivity contribution in [1.82, 2.24) is 15.3 Å². The van der Waals surface area contributed by atoms with E-state index in [9.17, 15) is 4.79 Å². The van der Waals surface area contributed by atoms with Gasteiger partial charge in [-0.3, -0.25) is 9.78 Å². The van der Waals surface area contributed by atoms with Crippen molar-refractivity contribution >= 4 is 22.6 Å². The molecule has 1 amide bonds. The van der Waals surface area contributed by atoms with Crippen LogP contribution in [0.2, 0.25) is 0 Å². The SMILES string of the molecule is CNC(=O)CC1CCN(c2ccnc3ccc(OC)nc23)C1. The number of ether oxygens (including phenoxy) is 1. The largest absolute Gasteiger partial charge is 0.481 e. The molecule has 116 valence electrons. The molecule has 1 atom stereocenters. The first kappa shape index (κ1) is 14.6. The number of hydrogen-bond donors (Lipinski definition) is 1. The van der Waals surface area contributed by atoms with Crippen molar-refractivity contribution in [2.75, 3.05) is 32.1 Å². The molecule has 0 bridgehead atoms. The number of carbonyl (C=O) groups excluding carboxylic acids is 1. The van der Waals surface area contributed by atoms with Crippen molar-refractivity contribution in [2.24, 2.45) is 5.92 Å². The van der Waals surface area contributed by atoms with Gasteiger partial charge in [-0.2, -0.15) is 0 Å². The number of methoxy groups -OCH3 is 1. The first-order valence-corrected chi connectivity index (χ1v) is 7.46. The molecule has 0 aromatic carbocycles. The summed E-state index contributed by atoms with van der Waals surface area (Å²) in [6.07, 6.45) is 3.39. The third-order valence-corrected chi connectivity index (χ3v) is 4.13.